The maximum atomic E-state index is 5.82. The molecular formula is C13H21ClIN3OS. The zero-order valence-corrected chi connectivity index (χ0v) is 15.5. The summed E-state index contributed by atoms with van der Waals surface area (Å²) >= 11 is 7.55. The lowest BCUT2D eigenvalue weighted by molar-refractivity contribution is 0.179. The van der Waals surface area contributed by atoms with Gasteiger partial charge in [-0.1, -0.05) is 11.6 Å². The minimum atomic E-state index is 0. The van der Waals surface area contributed by atoms with Gasteiger partial charge in [0.2, 0.25) is 0 Å². The third-order valence-corrected chi connectivity index (χ3v) is 3.51. The Kier molecular flexibility index (Phi) is 11.4. The molecule has 0 amide bonds. The second-order valence-electron chi connectivity index (χ2n) is 4.07. The van der Waals surface area contributed by atoms with Gasteiger partial charge in [-0.25, -0.2) is 0 Å². The number of nitrogens with zero attached hydrogens (tertiary/aromatic N) is 1. The van der Waals surface area contributed by atoms with Gasteiger partial charge in [-0.2, -0.15) is 0 Å². The van der Waals surface area contributed by atoms with E-state index in [-0.39, 0.29) is 30.0 Å². The van der Waals surface area contributed by atoms with Crippen molar-refractivity contribution in [3.05, 3.63) is 29.3 Å². The Morgan fingerprint density at radius 3 is 2.70 bits per heavy atom. The van der Waals surface area contributed by atoms with Crippen molar-refractivity contribution in [3.63, 3.8) is 0 Å². The molecule has 1 aromatic carbocycles. The summed E-state index contributed by atoms with van der Waals surface area (Å²) in [6, 6.07) is 7.93. The summed E-state index contributed by atoms with van der Waals surface area (Å²) in [5.41, 5.74) is 5.76. The summed E-state index contributed by atoms with van der Waals surface area (Å²) in [5.74, 6) is 1.34. The Balaban J connectivity index is 0.00000361. The van der Waals surface area contributed by atoms with Crippen LogP contribution >= 0.6 is 47.3 Å². The van der Waals surface area contributed by atoms with Gasteiger partial charge in [-0.05, 0) is 31.2 Å². The lowest BCUT2D eigenvalue weighted by Crippen LogP contribution is -2.40. The number of nitrogens with one attached hydrogen (secondary N) is 1. The fourth-order valence-electron chi connectivity index (χ4n) is 1.45. The van der Waals surface area contributed by atoms with E-state index in [0.717, 1.165) is 10.8 Å². The molecule has 0 heterocycles. The van der Waals surface area contributed by atoms with Crippen LogP contribution in [-0.4, -0.2) is 38.0 Å². The quantitative estimate of drug-likeness (QED) is 0.230. The monoisotopic (exact) mass is 429 g/mol. The molecule has 114 valence electrons. The van der Waals surface area contributed by atoms with Crippen molar-refractivity contribution in [1.82, 2.24) is 5.32 Å². The predicted molar refractivity (Wildman–Crippen MR) is 98.6 cm³/mol. The molecule has 0 aliphatic carbocycles. The molecule has 0 aromatic heterocycles. The highest BCUT2D eigenvalue weighted by molar-refractivity contribution is 14.0. The van der Waals surface area contributed by atoms with E-state index in [1.807, 2.05) is 31.2 Å². The van der Waals surface area contributed by atoms with E-state index in [1.165, 1.54) is 4.90 Å². The van der Waals surface area contributed by atoms with E-state index >= 15 is 0 Å². The maximum absolute atomic E-state index is 5.82. The molecule has 0 aliphatic rings. The average Bonchev–Trinajstić information content (AvgIpc) is 2.37. The number of rotatable bonds is 7. The molecule has 0 fully saturated rings. The van der Waals surface area contributed by atoms with E-state index in [9.17, 15) is 0 Å². The number of hydrogen-bond acceptors (Lipinski definition) is 3. The van der Waals surface area contributed by atoms with Crippen LogP contribution in [0.2, 0.25) is 5.02 Å². The topological polar surface area (TPSA) is 59.6 Å². The third-order valence-electron chi connectivity index (χ3n) is 2.27. The molecule has 7 heteroatoms. The minimum Gasteiger partial charge on any atom is -0.383 e. The van der Waals surface area contributed by atoms with E-state index < -0.39 is 0 Å². The number of benzene rings is 1. The average molecular weight is 430 g/mol. The largest absolute Gasteiger partial charge is 0.383 e. The smallest absolute Gasteiger partial charge is 0.188 e. The molecule has 1 aromatic rings. The number of ether oxygens (including phenoxy) is 1. The van der Waals surface area contributed by atoms with E-state index in [2.05, 4.69) is 10.3 Å². The van der Waals surface area contributed by atoms with Crippen molar-refractivity contribution in [2.24, 2.45) is 10.7 Å². The highest BCUT2D eigenvalue weighted by Crippen LogP contribution is 2.19. The molecule has 20 heavy (non-hydrogen) atoms. The molecule has 0 saturated heterocycles. The summed E-state index contributed by atoms with van der Waals surface area (Å²) in [5, 5.41) is 3.82. The fraction of sp³-hybridized carbons (Fsp3) is 0.462. The molecule has 1 atom stereocenters. The van der Waals surface area contributed by atoms with Crippen molar-refractivity contribution in [1.29, 1.82) is 0 Å². The van der Waals surface area contributed by atoms with Gasteiger partial charge < -0.3 is 15.8 Å². The van der Waals surface area contributed by atoms with Crippen LogP contribution in [0.4, 0.5) is 0 Å². The van der Waals surface area contributed by atoms with Gasteiger partial charge in [-0.15, -0.1) is 35.7 Å². The van der Waals surface area contributed by atoms with E-state index in [1.54, 1.807) is 18.9 Å². The molecule has 0 spiro atoms. The van der Waals surface area contributed by atoms with Crippen LogP contribution in [0.3, 0.4) is 0 Å². The summed E-state index contributed by atoms with van der Waals surface area (Å²) < 4.78 is 5.01. The standard InChI is InChI=1S/C13H20ClN3OS.HI/c1-10(9-18-2)17-13(15)16-7-8-19-12-5-3-11(14)4-6-12;/h3-6,10H,7-9H2,1-2H3,(H3,15,16,17);1H. The molecular weight excluding hydrogens is 409 g/mol. The van der Waals surface area contributed by atoms with Crippen molar-refractivity contribution in [2.75, 3.05) is 26.0 Å². The molecule has 1 unspecified atom stereocenters. The van der Waals surface area contributed by atoms with Crippen LogP contribution in [0.5, 0.6) is 0 Å². The van der Waals surface area contributed by atoms with Gasteiger partial charge in [-0.3, -0.25) is 4.99 Å². The van der Waals surface area contributed by atoms with Gasteiger partial charge in [0.25, 0.3) is 0 Å². The van der Waals surface area contributed by atoms with Crippen molar-refractivity contribution in [3.8, 4) is 0 Å². The second kappa shape index (κ2) is 11.5. The summed E-state index contributed by atoms with van der Waals surface area (Å²) in [7, 11) is 1.66. The van der Waals surface area contributed by atoms with Crippen LogP contribution in [0, 0.1) is 0 Å². The Bertz CT molecular complexity index is 403. The lowest BCUT2D eigenvalue weighted by atomic mass is 10.4. The number of halogens is 2. The second-order valence-corrected chi connectivity index (χ2v) is 5.67. The molecule has 0 radical (unpaired) electrons. The number of methoxy groups -OCH3 is 1. The van der Waals surface area contributed by atoms with Crippen molar-refractivity contribution in [2.45, 2.75) is 17.9 Å². The Labute approximate surface area is 146 Å². The summed E-state index contributed by atoms with van der Waals surface area (Å²) in [4.78, 5) is 5.44. The molecule has 4 nitrogen and oxygen atoms in total. The van der Waals surface area contributed by atoms with E-state index in [4.69, 9.17) is 22.1 Å². The minimum absolute atomic E-state index is 0. The Hall–Kier alpha value is -0.180. The zero-order chi connectivity index (χ0) is 14.1. The summed E-state index contributed by atoms with van der Waals surface area (Å²) in [6.07, 6.45) is 0. The van der Waals surface area contributed by atoms with Crippen molar-refractivity contribution >= 4 is 53.3 Å². The van der Waals surface area contributed by atoms with Gasteiger partial charge in [0.1, 0.15) is 0 Å². The van der Waals surface area contributed by atoms with Crippen LogP contribution < -0.4 is 11.1 Å². The molecule has 0 bridgehead atoms. The number of hydrogen-bond donors (Lipinski definition) is 2. The van der Waals surface area contributed by atoms with Crippen LogP contribution in [-0.2, 0) is 4.74 Å². The first-order valence-corrected chi connectivity index (χ1v) is 7.42. The van der Waals surface area contributed by atoms with E-state index in [0.29, 0.717) is 19.1 Å². The molecule has 3 N–H and O–H groups in total. The van der Waals surface area contributed by atoms with Crippen LogP contribution in [0.25, 0.3) is 0 Å². The van der Waals surface area contributed by atoms with Crippen molar-refractivity contribution < 1.29 is 4.74 Å². The normalized spacial score (nSPS) is 12.7. The number of aliphatic imine (C=N–C) groups is 1. The zero-order valence-electron chi connectivity index (χ0n) is 11.6. The van der Waals surface area contributed by atoms with Gasteiger partial charge in [0, 0.05) is 28.8 Å². The predicted octanol–water partition coefficient (Wildman–Crippen LogP) is 2.99. The number of thioether (sulfide) groups is 1. The SMILES string of the molecule is COCC(C)NC(N)=NCCSc1ccc(Cl)cc1.I. The number of nitrogens with two attached hydrogens (primary N) is 1. The van der Waals surface area contributed by atoms with Gasteiger partial charge in [0.15, 0.2) is 5.96 Å². The molecule has 1 rings (SSSR count). The number of guanidine groups is 1. The fourth-order valence-corrected chi connectivity index (χ4v) is 2.32. The van der Waals surface area contributed by atoms with Gasteiger partial charge >= 0.3 is 0 Å². The first-order valence-electron chi connectivity index (χ1n) is 6.05. The Morgan fingerprint density at radius 2 is 2.10 bits per heavy atom. The third kappa shape index (κ3) is 8.89. The summed E-state index contributed by atoms with van der Waals surface area (Å²) in [6.45, 7) is 3.27. The first kappa shape index (κ1) is 19.8. The van der Waals surface area contributed by atoms with Gasteiger partial charge in [0.05, 0.1) is 13.2 Å². The Morgan fingerprint density at radius 1 is 1.45 bits per heavy atom. The van der Waals surface area contributed by atoms with Crippen LogP contribution in [0.15, 0.2) is 34.2 Å². The van der Waals surface area contributed by atoms with Crippen LogP contribution in [0.1, 0.15) is 6.92 Å². The maximum Gasteiger partial charge on any atom is 0.188 e. The molecule has 0 saturated carbocycles. The highest BCUT2D eigenvalue weighted by atomic mass is 127. The molecule has 0 aliphatic heterocycles. The first-order chi connectivity index (χ1) is 9.11. The highest BCUT2D eigenvalue weighted by Gasteiger charge is 2.01. The lowest BCUT2D eigenvalue weighted by Gasteiger charge is -2.12.